The third-order valence-electron chi connectivity index (χ3n) is 3.36. The van der Waals surface area contributed by atoms with E-state index in [1.165, 1.54) is 0 Å². The number of piperidine rings is 1. The van der Waals surface area contributed by atoms with Gasteiger partial charge in [-0.05, 0) is 32.9 Å². The lowest BCUT2D eigenvalue weighted by molar-refractivity contribution is 0.0126. The lowest BCUT2D eigenvalue weighted by Crippen LogP contribution is -2.44. The first kappa shape index (κ1) is 16.2. The zero-order valence-electron chi connectivity index (χ0n) is 13.3. The highest BCUT2D eigenvalue weighted by Gasteiger charge is 2.27. The SMILES string of the molecule is [C-]#[N+]c1ccc(OC2CCN(C(=O)OC(C)(C)C)CC2)cc1. The Morgan fingerprint density at radius 1 is 1.23 bits per heavy atom. The van der Waals surface area contributed by atoms with Crippen molar-refractivity contribution in [2.75, 3.05) is 13.1 Å². The fourth-order valence-electron chi connectivity index (χ4n) is 2.27. The second-order valence-corrected chi connectivity index (χ2v) is 6.39. The molecule has 0 unspecified atom stereocenters. The van der Waals surface area contributed by atoms with Crippen molar-refractivity contribution in [2.24, 2.45) is 0 Å². The molecule has 0 radical (unpaired) electrons. The van der Waals surface area contributed by atoms with Gasteiger partial charge in [-0.15, -0.1) is 0 Å². The highest BCUT2D eigenvalue weighted by molar-refractivity contribution is 5.68. The summed E-state index contributed by atoms with van der Waals surface area (Å²) in [4.78, 5) is 17.1. The zero-order chi connectivity index (χ0) is 16.2. The van der Waals surface area contributed by atoms with Gasteiger partial charge in [0.15, 0.2) is 5.69 Å². The van der Waals surface area contributed by atoms with Crippen molar-refractivity contribution in [2.45, 2.75) is 45.3 Å². The zero-order valence-corrected chi connectivity index (χ0v) is 13.3. The van der Waals surface area contributed by atoms with Crippen molar-refractivity contribution in [3.63, 3.8) is 0 Å². The molecule has 1 fully saturated rings. The van der Waals surface area contributed by atoms with E-state index in [2.05, 4.69) is 4.85 Å². The maximum Gasteiger partial charge on any atom is 0.410 e. The van der Waals surface area contributed by atoms with E-state index in [1.54, 1.807) is 17.0 Å². The van der Waals surface area contributed by atoms with E-state index in [0.29, 0.717) is 18.8 Å². The van der Waals surface area contributed by atoms with E-state index in [1.807, 2.05) is 32.9 Å². The first-order valence-electron chi connectivity index (χ1n) is 7.49. The third-order valence-corrected chi connectivity index (χ3v) is 3.36. The number of carbonyl (C=O) groups excluding carboxylic acids is 1. The van der Waals surface area contributed by atoms with E-state index in [-0.39, 0.29) is 12.2 Å². The topological polar surface area (TPSA) is 43.1 Å². The van der Waals surface area contributed by atoms with Crippen LogP contribution in [0.3, 0.4) is 0 Å². The van der Waals surface area contributed by atoms with Gasteiger partial charge in [0.2, 0.25) is 0 Å². The number of hydrogen-bond acceptors (Lipinski definition) is 3. The number of benzene rings is 1. The van der Waals surface area contributed by atoms with Crippen molar-refractivity contribution in [1.82, 2.24) is 4.90 Å². The minimum absolute atomic E-state index is 0.0949. The summed E-state index contributed by atoms with van der Waals surface area (Å²) in [6.45, 7) is 13.8. The number of carbonyl (C=O) groups is 1. The van der Waals surface area contributed by atoms with Crippen molar-refractivity contribution < 1.29 is 14.3 Å². The number of amides is 1. The van der Waals surface area contributed by atoms with Gasteiger partial charge in [-0.1, -0.05) is 12.1 Å². The Morgan fingerprint density at radius 3 is 2.32 bits per heavy atom. The molecule has 0 aliphatic carbocycles. The van der Waals surface area contributed by atoms with Crippen LogP contribution in [0.25, 0.3) is 4.85 Å². The Balaban J connectivity index is 1.82. The predicted octanol–water partition coefficient (Wildman–Crippen LogP) is 4.02. The number of hydrogen-bond donors (Lipinski definition) is 0. The van der Waals surface area contributed by atoms with Gasteiger partial charge in [0.05, 0.1) is 6.57 Å². The van der Waals surface area contributed by atoms with Crippen molar-refractivity contribution >= 4 is 11.8 Å². The van der Waals surface area contributed by atoms with Gasteiger partial charge >= 0.3 is 6.09 Å². The Hall–Kier alpha value is -2.22. The number of likely N-dealkylation sites (tertiary alicyclic amines) is 1. The summed E-state index contributed by atoms with van der Waals surface area (Å²) in [7, 11) is 0. The van der Waals surface area contributed by atoms with Crippen LogP contribution in [0.4, 0.5) is 10.5 Å². The van der Waals surface area contributed by atoms with Gasteiger partial charge < -0.3 is 14.4 Å². The summed E-state index contributed by atoms with van der Waals surface area (Å²) in [6, 6.07) is 7.12. The second kappa shape index (κ2) is 6.69. The molecule has 1 aromatic rings. The van der Waals surface area contributed by atoms with Crippen LogP contribution >= 0.6 is 0 Å². The highest BCUT2D eigenvalue weighted by Crippen LogP contribution is 2.23. The molecule has 22 heavy (non-hydrogen) atoms. The van der Waals surface area contributed by atoms with Gasteiger partial charge in [-0.25, -0.2) is 9.64 Å². The van der Waals surface area contributed by atoms with Gasteiger partial charge in [0, 0.05) is 25.9 Å². The van der Waals surface area contributed by atoms with Gasteiger partial charge in [0.1, 0.15) is 17.5 Å². The molecule has 118 valence electrons. The standard InChI is InChI=1S/C17H22N2O3/c1-17(2,3)22-16(20)19-11-9-15(10-12-19)21-14-7-5-13(18-4)6-8-14/h5-8,15H,9-12H2,1-3H3. The van der Waals surface area contributed by atoms with Crippen LogP contribution in [0.5, 0.6) is 5.75 Å². The van der Waals surface area contributed by atoms with Crippen LogP contribution in [0.2, 0.25) is 0 Å². The average molecular weight is 302 g/mol. The van der Waals surface area contributed by atoms with E-state index in [0.717, 1.165) is 18.6 Å². The second-order valence-electron chi connectivity index (χ2n) is 6.39. The molecular formula is C17H22N2O3. The summed E-state index contributed by atoms with van der Waals surface area (Å²) < 4.78 is 11.3. The van der Waals surface area contributed by atoms with E-state index < -0.39 is 5.60 Å². The molecule has 1 saturated heterocycles. The number of nitrogens with zero attached hydrogens (tertiary/aromatic N) is 2. The van der Waals surface area contributed by atoms with E-state index in [9.17, 15) is 4.79 Å². The van der Waals surface area contributed by atoms with E-state index in [4.69, 9.17) is 16.0 Å². The summed E-state index contributed by atoms with van der Waals surface area (Å²) in [6.07, 6.45) is 1.40. The molecule has 0 aromatic heterocycles. The van der Waals surface area contributed by atoms with Crippen LogP contribution in [0, 0.1) is 6.57 Å². The molecule has 0 atom stereocenters. The summed E-state index contributed by atoms with van der Waals surface area (Å²) in [5, 5.41) is 0. The summed E-state index contributed by atoms with van der Waals surface area (Å²) in [5.41, 5.74) is 0.141. The van der Waals surface area contributed by atoms with Gasteiger partial charge in [0.25, 0.3) is 0 Å². The molecule has 0 spiro atoms. The molecule has 1 aromatic carbocycles. The van der Waals surface area contributed by atoms with E-state index >= 15 is 0 Å². The van der Waals surface area contributed by atoms with Gasteiger partial charge in [-0.2, -0.15) is 0 Å². The minimum atomic E-state index is -0.463. The third kappa shape index (κ3) is 4.66. The first-order valence-corrected chi connectivity index (χ1v) is 7.49. The molecule has 1 heterocycles. The molecule has 1 amide bonds. The Bertz CT molecular complexity index is 547. The fraction of sp³-hybridized carbons (Fsp3) is 0.529. The first-order chi connectivity index (χ1) is 10.4. The monoisotopic (exact) mass is 302 g/mol. The minimum Gasteiger partial charge on any atom is -0.490 e. The summed E-state index contributed by atoms with van der Waals surface area (Å²) >= 11 is 0. The lowest BCUT2D eigenvalue weighted by Gasteiger charge is -2.33. The fourth-order valence-corrected chi connectivity index (χ4v) is 2.27. The molecule has 1 aliphatic heterocycles. The Kier molecular flexibility index (Phi) is 4.92. The van der Waals surface area contributed by atoms with Crippen LogP contribution < -0.4 is 4.74 Å². The maximum atomic E-state index is 12.0. The molecule has 5 heteroatoms. The highest BCUT2D eigenvalue weighted by atomic mass is 16.6. The molecular weight excluding hydrogens is 280 g/mol. The molecule has 0 saturated carbocycles. The van der Waals surface area contributed by atoms with Gasteiger partial charge in [-0.3, -0.25) is 0 Å². The summed E-state index contributed by atoms with van der Waals surface area (Å²) in [5.74, 6) is 0.767. The molecule has 5 nitrogen and oxygen atoms in total. The van der Waals surface area contributed by atoms with Crippen LogP contribution in [-0.2, 0) is 4.74 Å². The molecule has 2 rings (SSSR count). The van der Waals surface area contributed by atoms with Crippen molar-refractivity contribution in [1.29, 1.82) is 0 Å². The Morgan fingerprint density at radius 2 is 1.82 bits per heavy atom. The quantitative estimate of drug-likeness (QED) is 0.775. The molecule has 0 N–H and O–H groups in total. The van der Waals surface area contributed by atoms with Crippen molar-refractivity contribution in [3.8, 4) is 5.75 Å². The average Bonchev–Trinajstić information content (AvgIpc) is 2.47. The lowest BCUT2D eigenvalue weighted by atomic mass is 10.1. The normalized spacial score (nSPS) is 16.0. The number of rotatable bonds is 2. The molecule has 1 aliphatic rings. The Labute approximate surface area is 131 Å². The smallest absolute Gasteiger partial charge is 0.410 e. The van der Waals surface area contributed by atoms with Crippen LogP contribution in [-0.4, -0.2) is 35.8 Å². The van der Waals surface area contributed by atoms with Crippen LogP contribution in [0.15, 0.2) is 24.3 Å². The maximum absolute atomic E-state index is 12.0. The van der Waals surface area contributed by atoms with Crippen molar-refractivity contribution in [3.05, 3.63) is 35.7 Å². The predicted molar refractivity (Wildman–Crippen MR) is 84.2 cm³/mol. The van der Waals surface area contributed by atoms with Crippen LogP contribution in [0.1, 0.15) is 33.6 Å². The largest absolute Gasteiger partial charge is 0.490 e. The molecule has 0 bridgehead atoms. The number of ether oxygens (including phenoxy) is 2.